The second kappa shape index (κ2) is 10.3. The molecule has 1 N–H and O–H groups in total. The van der Waals surface area contributed by atoms with Gasteiger partial charge in [0.15, 0.2) is 0 Å². The lowest BCUT2D eigenvalue weighted by Crippen LogP contribution is -2.46. The minimum Gasteiger partial charge on any atom is -0.349 e. The summed E-state index contributed by atoms with van der Waals surface area (Å²) in [6.45, 7) is 3.97. The molecule has 8 nitrogen and oxygen atoms in total. The molecule has 2 saturated heterocycles. The Morgan fingerprint density at radius 1 is 1.24 bits per heavy atom. The number of hydrogen-bond acceptors (Lipinski definition) is 5. The van der Waals surface area contributed by atoms with Crippen LogP contribution in [0.5, 0.6) is 0 Å². The molecule has 3 aliphatic rings. The number of sulfonamides is 1. The molecule has 38 heavy (non-hydrogen) atoms. The Labute approximate surface area is 215 Å². The second-order valence-corrected chi connectivity index (χ2v) is 10.8. The van der Waals surface area contributed by atoms with Crippen LogP contribution < -0.4 is 5.32 Å². The van der Waals surface area contributed by atoms with Crippen molar-refractivity contribution in [2.24, 2.45) is 15.9 Å². The van der Waals surface area contributed by atoms with Crippen LogP contribution in [0.2, 0.25) is 0 Å². The molecule has 3 heterocycles. The largest absolute Gasteiger partial charge is 0.451 e. The Hall–Kier alpha value is -3.52. The van der Waals surface area contributed by atoms with Gasteiger partial charge in [-0.3, -0.25) is 9.78 Å². The standard InChI is InChI=1S/C24H22F5N5O3S/c1-13(10-33-23(30-2)24(27,28)29)19-9-16(31-12-20(19)26)11-32-22(35)21-14-7-17(8-14)34(21)38(36,37)18-5-3-15(25)4-6-18/h3-6,9-10,12,14,17,21H,2,7-8,11H2,1H3,(H,32,35)/b13-10+,33-23-/t14?,17?,21-/m0/s1. The van der Waals surface area contributed by atoms with Crippen molar-refractivity contribution in [3.8, 4) is 0 Å². The maximum absolute atomic E-state index is 14.3. The molecule has 1 amide bonds. The van der Waals surface area contributed by atoms with Gasteiger partial charge in [-0.15, -0.1) is 0 Å². The average Bonchev–Trinajstić information content (AvgIpc) is 3.40. The molecule has 1 aromatic heterocycles. The fourth-order valence-electron chi connectivity index (χ4n) is 4.53. The van der Waals surface area contributed by atoms with Crippen LogP contribution in [-0.4, -0.2) is 54.4 Å². The number of carbonyl (C=O) groups is 1. The van der Waals surface area contributed by atoms with Crippen molar-refractivity contribution >= 4 is 34.1 Å². The van der Waals surface area contributed by atoms with E-state index < -0.39 is 45.6 Å². The summed E-state index contributed by atoms with van der Waals surface area (Å²) in [6, 6.07) is 4.26. The minimum absolute atomic E-state index is 0.0380. The predicted octanol–water partition coefficient (Wildman–Crippen LogP) is 3.85. The molecule has 2 aromatic rings. The number of fused-ring (bicyclic) bond motifs is 1. The van der Waals surface area contributed by atoms with E-state index in [-0.39, 0.29) is 40.2 Å². The van der Waals surface area contributed by atoms with Crippen LogP contribution >= 0.6 is 0 Å². The van der Waals surface area contributed by atoms with Crippen molar-refractivity contribution in [3.63, 3.8) is 0 Å². The van der Waals surface area contributed by atoms with E-state index in [0.29, 0.717) is 12.8 Å². The molecule has 2 aliphatic heterocycles. The van der Waals surface area contributed by atoms with Crippen LogP contribution in [0, 0.1) is 17.6 Å². The van der Waals surface area contributed by atoms with Gasteiger partial charge in [0.2, 0.25) is 21.8 Å². The average molecular weight is 556 g/mol. The number of aliphatic imine (C=N–C) groups is 2. The van der Waals surface area contributed by atoms with Gasteiger partial charge in [0, 0.05) is 17.8 Å². The summed E-state index contributed by atoms with van der Waals surface area (Å²) >= 11 is 0. The fraction of sp³-hybridized carbons (Fsp3) is 0.333. The van der Waals surface area contributed by atoms with Crippen molar-refractivity contribution in [2.45, 2.75) is 49.5 Å². The molecule has 1 aromatic carbocycles. The summed E-state index contributed by atoms with van der Waals surface area (Å²) in [6.07, 6.45) is -2.15. The highest BCUT2D eigenvalue weighted by molar-refractivity contribution is 7.89. The zero-order valence-electron chi connectivity index (χ0n) is 19.9. The fourth-order valence-corrected chi connectivity index (χ4v) is 6.38. The van der Waals surface area contributed by atoms with E-state index >= 15 is 0 Å². The first-order valence-electron chi connectivity index (χ1n) is 11.3. The monoisotopic (exact) mass is 555 g/mol. The molecule has 0 unspecified atom stereocenters. The highest BCUT2D eigenvalue weighted by atomic mass is 32.2. The molecule has 3 fully saturated rings. The number of halogens is 5. The van der Waals surface area contributed by atoms with Crippen molar-refractivity contribution in [3.05, 3.63) is 65.6 Å². The zero-order valence-corrected chi connectivity index (χ0v) is 20.7. The SMILES string of the molecule is C=N/C(=N\C=C(/C)c1cc(CNC(=O)[C@@H]2C3CC(C3)N2S(=O)(=O)c2ccc(F)cc2)ncc1F)C(F)(F)F. The Morgan fingerprint density at radius 2 is 1.89 bits per heavy atom. The number of nitrogens with one attached hydrogen (secondary N) is 1. The number of amidine groups is 1. The minimum atomic E-state index is -4.83. The van der Waals surface area contributed by atoms with E-state index in [2.05, 4.69) is 27.0 Å². The Bertz CT molecular complexity index is 1420. The number of carbonyl (C=O) groups excluding carboxylic acids is 1. The van der Waals surface area contributed by atoms with Gasteiger partial charge in [-0.25, -0.2) is 27.2 Å². The predicted molar refractivity (Wildman–Crippen MR) is 128 cm³/mol. The summed E-state index contributed by atoms with van der Waals surface area (Å²) < 4.78 is 93.5. The number of rotatable bonds is 7. The number of allylic oxidation sites excluding steroid dienone is 1. The van der Waals surface area contributed by atoms with Crippen LogP contribution in [0.3, 0.4) is 0 Å². The van der Waals surface area contributed by atoms with Gasteiger partial charge < -0.3 is 5.32 Å². The molecule has 1 aliphatic carbocycles. The van der Waals surface area contributed by atoms with E-state index in [1.165, 1.54) is 13.0 Å². The second-order valence-electron chi connectivity index (χ2n) is 8.91. The molecule has 5 rings (SSSR count). The third kappa shape index (κ3) is 5.36. The molecule has 0 radical (unpaired) electrons. The first-order chi connectivity index (χ1) is 17.8. The number of alkyl halides is 3. The molecular weight excluding hydrogens is 533 g/mol. The van der Waals surface area contributed by atoms with Gasteiger partial charge >= 0.3 is 6.18 Å². The maximum Gasteiger partial charge on any atom is 0.451 e. The first-order valence-corrected chi connectivity index (χ1v) is 12.8. The first kappa shape index (κ1) is 27.5. The normalized spacial score (nSPS) is 22.2. The Kier molecular flexibility index (Phi) is 7.48. The zero-order chi connectivity index (χ0) is 27.8. The van der Waals surface area contributed by atoms with Gasteiger partial charge in [-0.05, 0) is 68.3 Å². The lowest BCUT2D eigenvalue weighted by atomic mass is 9.83. The third-order valence-electron chi connectivity index (χ3n) is 6.45. The van der Waals surface area contributed by atoms with Crippen LogP contribution in [0.4, 0.5) is 22.0 Å². The van der Waals surface area contributed by atoms with E-state index in [9.17, 15) is 35.2 Å². The van der Waals surface area contributed by atoms with Crippen molar-refractivity contribution in [1.82, 2.24) is 14.6 Å². The molecule has 14 heteroatoms. The summed E-state index contributed by atoms with van der Waals surface area (Å²) in [4.78, 5) is 22.9. The van der Waals surface area contributed by atoms with Crippen molar-refractivity contribution in [1.29, 1.82) is 0 Å². The van der Waals surface area contributed by atoms with Gasteiger partial charge in [-0.1, -0.05) is 0 Å². The van der Waals surface area contributed by atoms with Crippen LogP contribution in [0.25, 0.3) is 5.57 Å². The molecular formula is C24H22F5N5O3S. The number of nitrogens with zero attached hydrogens (tertiary/aromatic N) is 4. The molecule has 1 saturated carbocycles. The number of pyridine rings is 1. The highest BCUT2D eigenvalue weighted by Gasteiger charge is 2.58. The molecule has 2 bridgehead atoms. The number of amides is 1. The van der Waals surface area contributed by atoms with Gasteiger partial charge in [-0.2, -0.15) is 17.5 Å². The van der Waals surface area contributed by atoms with E-state index in [1.807, 2.05) is 0 Å². The smallest absolute Gasteiger partial charge is 0.349 e. The Morgan fingerprint density at radius 3 is 2.50 bits per heavy atom. The summed E-state index contributed by atoms with van der Waals surface area (Å²) in [5.41, 5.74) is 0.126. The molecule has 0 spiro atoms. The summed E-state index contributed by atoms with van der Waals surface area (Å²) in [7, 11) is -4.06. The molecule has 202 valence electrons. The van der Waals surface area contributed by atoms with Gasteiger partial charge in [0.05, 0.1) is 23.3 Å². The number of aromatic nitrogens is 1. The summed E-state index contributed by atoms with van der Waals surface area (Å²) in [5.74, 6) is -3.66. The van der Waals surface area contributed by atoms with Crippen molar-refractivity contribution in [2.75, 3.05) is 0 Å². The quantitative estimate of drug-likeness (QED) is 0.319. The lowest BCUT2D eigenvalue weighted by molar-refractivity contribution is -0.124. The topological polar surface area (TPSA) is 104 Å². The van der Waals surface area contributed by atoms with Crippen molar-refractivity contribution < 1.29 is 35.2 Å². The van der Waals surface area contributed by atoms with E-state index in [4.69, 9.17) is 0 Å². The van der Waals surface area contributed by atoms with E-state index in [1.54, 1.807) is 0 Å². The van der Waals surface area contributed by atoms with Crippen LogP contribution in [-0.2, 0) is 21.4 Å². The number of benzene rings is 1. The van der Waals surface area contributed by atoms with Gasteiger partial charge in [0.25, 0.3) is 0 Å². The maximum atomic E-state index is 14.3. The highest BCUT2D eigenvalue weighted by Crippen LogP contribution is 2.48. The molecule has 1 atom stereocenters. The lowest BCUT2D eigenvalue weighted by Gasteiger charge is -2.25. The third-order valence-corrected chi connectivity index (χ3v) is 8.40. The number of hydrogen-bond donors (Lipinski definition) is 1. The summed E-state index contributed by atoms with van der Waals surface area (Å²) in [5, 5.41) is 2.62. The Balaban J connectivity index is 1.50. The van der Waals surface area contributed by atoms with Crippen LogP contribution in [0.1, 0.15) is 31.0 Å². The van der Waals surface area contributed by atoms with E-state index in [0.717, 1.165) is 41.0 Å². The van der Waals surface area contributed by atoms with Gasteiger partial charge in [0.1, 0.15) is 17.7 Å². The van der Waals surface area contributed by atoms with Crippen LogP contribution in [0.15, 0.2) is 57.6 Å².